The first kappa shape index (κ1) is 13.3. The van der Waals surface area contributed by atoms with E-state index in [1.807, 2.05) is 19.1 Å². The molecule has 0 fully saturated rings. The van der Waals surface area contributed by atoms with Gasteiger partial charge >= 0.3 is 11.9 Å². The molecule has 1 aromatic rings. The SMILES string of the molecule is COC(=O)C1c2ccc(C)cc2C=CC1(C)C(=O)O. The van der Waals surface area contributed by atoms with Gasteiger partial charge in [0.05, 0.1) is 7.11 Å². The molecule has 1 N–H and O–H groups in total. The Morgan fingerprint density at radius 2 is 2.05 bits per heavy atom. The van der Waals surface area contributed by atoms with Crippen LogP contribution in [-0.4, -0.2) is 24.2 Å². The minimum atomic E-state index is -1.28. The average molecular weight is 260 g/mol. The van der Waals surface area contributed by atoms with Crippen LogP contribution in [-0.2, 0) is 14.3 Å². The highest BCUT2D eigenvalue weighted by atomic mass is 16.5. The molecule has 4 heteroatoms. The number of hydrogen-bond acceptors (Lipinski definition) is 3. The predicted molar refractivity (Wildman–Crippen MR) is 70.7 cm³/mol. The zero-order valence-electron chi connectivity index (χ0n) is 11.1. The van der Waals surface area contributed by atoms with E-state index in [0.717, 1.165) is 11.1 Å². The molecule has 0 spiro atoms. The number of aryl methyl sites for hydroxylation is 1. The maximum Gasteiger partial charge on any atom is 0.314 e. The molecule has 2 rings (SSSR count). The third kappa shape index (κ3) is 2.03. The van der Waals surface area contributed by atoms with Crippen molar-refractivity contribution in [3.8, 4) is 0 Å². The van der Waals surface area contributed by atoms with E-state index in [1.165, 1.54) is 14.0 Å². The lowest BCUT2D eigenvalue weighted by molar-refractivity contribution is -0.155. The van der Waals surface area contributed by atoms with E-state index >= 15 is 0 Å². The molecular formula is C15H16O4. The van der Waals surface area contributed by atoms with Crippen molar-refractivity contribution in [2.75, 3.05) is 7.11 Å². The van der Waals surface area contributed by atoms with E-state index in [2.05, 4.69) is 0 Å². The molecule has 19 heavy (non-hydrogen) atoms. The first-order valence-corrected chi connectivity index (χ1v) is 6.01. The normalized spacial score (nSPS) is 24.7. The smallest absolute Gasteiger partial charge is 0.314 e. The number of carboxylic acids is 1. The number of ether oxygens (including phenoxy) is 1. The van der Waals surface area contributed by atoms with Gasteiger partial charge in [-0.1, -0.05) is 35.9 Å². The number of carbonyl (C=O) groups excluding carboxylic acids is 1. The van der Waals surface area contributed by atoms with E-state index in [0.29, 0.717) is 5.56 Å². The van der Waals surface area contributed by atoms with E-state index in [-0.39, 0.29) is 0 Å². The molecule has 1 aliphatic rings. The van der Waals surface area contributed by atoms with E-state index < -0.39 is 23.3 Å². The van der Waals surface area contributed by atoms with Crippen LogP contribution in [0.3, 0.4) is 0 Å². The molecular weight excluding hydrogens is 244 g/mol. The van der Waals surface area contributed by atoms with Gasteiger partial charge in [-0.15, -0.1) is 0 Å². The van der Waals surface area contributed by atoms with Crippen LogP contribution in [0.2, 0.25) is 0 Å². The molecule has 0 aromatic heterocycles. The Balaban J connectivity index is 2.64. The van der Waals surface area contributed by atoms with Gasteiger partial charge in [0.2, 0.25) is 0 Å². The highest BCUT2D eigenvalue weighted by molar-refractivity contribution is 5.93. The number of carboxylic acid groups (broad SMARTS) is 1. The number of methoxy groups -OCH3 is 1. The Hall–Kier alpha value is -2.10. The molecule has 1 aromatic carbocycles. The maximum absolute atomic E-state index is 12.0. The minimum Gasteiger partial charge on any atom is -0.481 e. The van der Waals surface area contributed by atoms with Crippen LogP contribution in [0, 0.1) is 12.3 Å². The minimum absolute atomic E-state index is 0.528. The quantitative estimate of drug-likeness (QED) is 0.829. The number of hydrogen-bond donors (Lipinski definition) is 1. The second kappa shape index (κ2) is 4.53. The first-order chi connectivity index (χ1) is 8.90. The van der Waals surface area contributed by atoms with Crippen LogP contribution in [0.15, 0.2) is 24.3 Å². The fraction of sp³-hybridized carbons (Fsp3) is 0.333. The van der Waals surface area contributed by atoms with Gasteiger partial charge in [0, 0.05) is 0 Å². The second-order valence-electron chi connectivity index (χ2n) is 5.01. The molecule has 0 amide bonds. The van der Waals surface area contributed by atoms with Crippen molar-refractivity contribution in [1.29, 1.82) is 0 Å². The molecule has 2 unspecified atom stereocenters. The van der Waals surface area contributed by atoms with Gasteiger partial charge < -0.3 is 9.84 Å². The van der Waals surface area contributed by atoms with E-state index in [4.69, 9.17) is 4.74 Å². The van der Waals surface area contributed by atoms with Gasteiger partial charge in [-0.05, 0) is 25.0 Å². The Morgan fingerprint density at radius 3 is 2.63 bits per heavy atom. The van der Waals surface area contributed by atoms with Crippen molar-refractivity contribution < 1.29 is 19.4 Å². The molecule has 0 aliphatic heterocycles. The van der Waals surface area contributed by atoms with Gasteiger partial charge in [0.15, 0.2) is 0 Å². The zero-order chi connectivity index (χ0) is 14.2. The third-order valence-electron chi connectivity index (χ3n) is 3.66. The second-order valence-corrected chi connectivity index (χ2v) is 5.01. The maximum atomic E-state index is 12.0. The molecule has 100 valence electrons. The van der Waals surface area contributed by atoms with Gasteiger partial charge in [-0.25, -0.2) is 0 Å². The molecule has 1 aliphatic carbocycles. The number of rotatable bonds is 2. The fourth-order valence-electron chi connectivity index (χ4n) is 2.47. The van der Waals surface area contributed by atoms with Crippen LogP contribution in [0.1, 0.15) is 29.5 Å². The lowest BCUT2D eigenvalue weighted by Gasteiger charge is -2.33. The number of esters is 1. The summed E-state index contributed by atoms with van der Waals surface area (Å²) in [5.41, 5.74) is 1.35. The largest absolute Gasteiger partial charge is 0.481 e. The topological polar surface area (TPSA) is 63.6 Å². The van der Waals surface area contributed by atoms with Crippen molar-refractivity contribution in [2.45, 2.75) is 19.8 Å². The highest BCUT2D eigenvalue weighted by Crippen LogP contribution is 2.44. The van der Waals surface area contributed by atoms with Crippen molar-refractivity contribution in [1.82, 2.24) is 0 Å². The Labute approximate surface area is 111 Å². The van der Waals surface area contributed by atoms with E-state index in [1.54, 1.807) is 18.2 Å². The van der Waals surface area contributed by atoms with Gasteiger partial charge in [-0.2, -0.15) is 0 Å². The molecule has 4 nitrogen and oxygen atoms in total. The fourth-order valence-corrected chi connectivity index (χ4v) is 2.47. The summed E-state index contributed by atoms with van der Waals surface area (Å²) >= 11 is 0. The van der Waals surface area contributed by atoms with Gasteiger partial charge in [0.25, 0.3) is 0 Å². The zero-order valence-corrected chi connectivity index (χ0v) is 11.1. The summed E-state index contributed by atoms with van der Waals surface area (Å²) in [5.74, 6) is -2.39. The average Bonchev–Trinajstić information content (AvgIpc) is 2.38. The lowest BCUT2D eigenvalue weighted by Crippen LogP contribution is -2.39. The molecule has 0 saturated heterocycles. The lowest BCUT2D eigenvalue weighted by atomic mass is 9.68. The van der Waals surface area contributed by atoms with Crippen LogP contribution in [0.25, 0.3) is 6.08 Å². The molecule has 2 atom stereocenters. The van der Waals surface area contributed by atoms with Crippen molar-refractivity contribution in [2.24, 2.45) is 5.41 Å². The summed E-state index contributed by atoms with van der Waals surface area (Å²) in [6, 6.07) is 5.61. The third-order valence-corrected chi connectivity index (χ3v) is 3.66. The Morgan fingerprint density at radius 1 is 1.37 bits per heavy atom. The van der Waals surface area contributed by atoms with E-state index in [9.17, 15) is 14.7 Å². The number of benzene rings is 1. The monoisotopic (exact) mass is 260 g/mol. The predicted octanol–water partition coefficient (Wildman–Crippen LogP) is 2.37. The Kier molecular flexibility index (Phi) is 3.18. The molecule has 0 saturated carbocycles. The highest BCUT2D eigenvalue weighted by Gasteiger charge is 2.47. The van der Waals surface area contributed by atoms with Crippen LogP contribution >= 0.6 is 0 Å². The summed E-state index contributed by atoms with van der Waals surface area (Å²) in [5, 5.41) is 9.43. The summed E-state index contributed by atoms with van der Waals surface area (Å²) < 4.78 is 4.79. The molecule has 0 radical (unpaired) electrons. The number of fused-ring (bicyclic) bond motifs is 1. The number of carbonyl (C=O) groups is 2. The van der Waals surface area contributed by atoms with Crippen molar-refractivity contribution >= 4 is 18.0 Å². The number of aliphatic carboxylic acids is 1. The van der Waals surface area contributed by atoms with Crippen LogP contribution in [0.4, 0.5) is 0 Å². The Bertz CT molecular complexity index is 574. The molecule has 0 heterocycles. The summed E-state index contributed by atoms with van der Waals surface area (Å²) in [6.45, 7) is 3.49. The summed E-state index contributed by atoms with van der Waals surface area (Å²) in [7, 11) is 1.27. The summed E-state index contributed by atoms with van der Waals surface area (Å²) in [4.78, 5) is 23.5. The van der Waals surface area contributed by atoms with Crippen LogP contribution < -0.4 is 0 Å². The standard InChI is InChI=1S/C15H16O4/c1-9-4-5-11-10(8-9)6-7-15(2,14(17)18)12(11)13(16)19-3/h4-8,12H,1-3H3,(H,17,18). The van der Waals surface area contributed by atoms with Gasteiger partial charge in [-0.3, -0.25) is 9.59 Å². The molecule has 0 bridgehead atoms. The van der Waals surface area contributed by atoms with Gasteiger partial charge in [0.1, 0.15) is 11.3 Å². The first-order valence-electron chi connectivity index (χ1n) is 6.01. The van der Waals surface area contributed by atoms with Crippen molar-refractivity contribution in [3.05, 3.63) is 41.0 Å². The van der Waals surface area contributed by atoms with Crippen LogP contribution in [0.5, 0.6) is 0 Å². The van der Waals surface area contributed by atoms with Crippen molar-refractivity contribution in [3.63, 3.8) is 0 Å². The summed E-state index contributed by atoms with van der Waals surface area (Å²) in [6.07, 6.45) is 3.33.